The maximum atomic E-state index is 12.7. The number of rotatable bonds is 3. The molecule has 0 spiro atoms. The fraction of sp³-hybridized carbons (Fsp3) is 0.444. The standard InChI is InChI=1S/C18H21F3N4O/c1-23(2)10-15-14-8-9-25(11-16(14)24(3)22-15)17(26)12-4-6-13(7-5-12)18(19,20)21/h4-7H,8-11H2,1-3H3. The number of amides is 1. The molecule has 0 unspecified atom stereocenters. The fourth-order valence-corrected chi connectivity index (χ4v) is 3.24. The van der Waals surface area contributed by atoms with Gasteiger partial charge in [0.05, 0.1) is 23.5 Å². The molecule has 1 aromatic heterocycles. The van der Waals surface area contributed by atoms with Crippen molar-refractivity contribution in [2.75, 3.05) is 20.6 Å². The van der Waals surface area contributed by atoms with Crippen molar-refractivity contribution in [3.8, 4) is 0 Å². The number of carbonyl (C=O) groups excluding carboxylic acids is 1. The van der Waals surface area contributed by atoms with E-state index in [2.05, 4.69) is 5.10 Å². The number of aromatic nitrogens is 2. The molecule has 1 aliphatic heterocycles. The first-order valence-electron chi connectivity index (χ1n) is 8.31. The van der Waals surface area contributed by atoms with Crippen molar-refractivity contribution in [3.05, 3.63) is 52.3 Å². The van der Waals surface area contributed by atoms with Gasteiger partial charge in [0, 0.05) is 31.3 Å². The van der Waals surface area contributed by atoms with E-state index >= 15 is 0 Å². The largest absolute Gasteiger partial charge is 0.416 e. The highest BCUT2D eigenvalue weighted by Crippen LogP contribution is 2.30. The van der Waals surface area contributed by atoms with Gasteiger partial charge in [-0.05, 0) is 44.8 Å². The molecule has 0 fully saturated rings. The van der Waals surface area contributed by atoms with Crippen LogP contribution in [0.4, 0.5) is 13.2 Å². The molecule has 26 heavy (non-hydrogen) atoms. The zero-order valence-electron chi connectivity index (χ0n) is 15.0. The van der Waals surface area contributed by atoms with E-state index in [4.69, 9.17) is 0 Å². The monoisotopic (exact) mass is 366 g/mol. The molecule has 0 saturated heterocycles. The lowest BCUT2D eigenvalue weighted by Gasteiger charge is -2.28. The molecule has 5 nitrogen and oxygen atoms in total. The van der Waals surface area contributed by atoms with Gasteiger partial charge in [-0.25, -0.2) is 0 Å². The fourth-order valence-electron chi connectivity index (χ4n) is 3.24. The molecule has 0 saturated carbocycles. The second kappa shape index (κ2) is 6.75. The predicted octanol–water partition coefficient (Wildman–Crippen LogP) is 2.70. The molecule has 2 aromatic rings. The summed E-state index contributed by atoms with van der Waals surface area (Å²) in [4.78, 5) is 16.4. The van der Waals surface area contributed by atoms with E-state index in [-0.39, 0.29) is 11.5 Å². The van der Waals surface area contributed by atoms with E-state index < -0.39 is 11.7 Å². The zero-order chi connectivity index (χ0) is 19.1. The molecule has 1 amide bonds. The van der Waals surface area contributed by atoms with Gasteiger partial charge in [-0.3, -0.25) is 9.48 Å². The summed E-state index contributed by atoms with van der Waals surface area (Å²) in [6, 6.07) is 4.37. The highest BCUT2D eigenvalue weighted by Gasteiger charge is 2.31. The summed E-state index contributed by atoms with van der Waals surface area (Å²) < 4.78 is 39.8. The minimum absolute atomic E-state index is 0.261. The third-order valence-corrected chi connectivity index (χ3v) is 4.54. The van der Waals surface area contributed by atoms with E-state index in [0.29, 0.717) is 19.5 Å². The van der Waals surface area contributed by atoms with Crippen molar-refractivity contribution in [3.63, 3.8) is 0 Å². The molecule has 2 heterocycles. The first-order chi connectivity index (χ1) is 12.2. The van der Waals surface area contributed by atoms with Gasteiger partial charge in [-0.15, -0.1) is 0 Å². The van der Waals surface area contributed by atoms with Crippen LogP contribution in [0.25, 0.3) is 0 Å². The van der Waals surface area contributed by atoms with Crippen LogP contribution in [0.15, 0.2) is 24.3 Å². The number of carbonyl (C=O) groups is 1. The Morgan fingerprint density at radius 1 is 1.23 bits per heavy atom. The maximum absolute atomic E-state index is 12.7. The van der Waals surface area contributed by atoms with Crippen molar-refractivity contribution in [1.29, 1.82) is 0 Å². The summed E-state index contributed by atoms with van der Waals surface area (Å²) in [6.07, 6.45) is -3.71. The lowest BCUT2D eigenvalue weighted by molar-refractivity contribution is -0.137. The van der Waals surface area contributed by atoms with Crippen LogP contribution in [0.5, 0.6) is 0 Å². The highest BCUT2D eigenvalue weighted by molar-refractivity contribution is 5.94. The summed E-state index contributed by atoms with van der Waals surface area (Å²) in [6.45, 7) is 1.67. The van der Waals surface area contributed by atoms with Crippen LogP contribution in [0.3, 0.4) is 0 Å². The van der Waals surface area contributed by atoms with E-state index in [1.165, 1.54) is 12.1 Å². The number of aryl methyl sites for hydroxylation is 1. The minimum atomic E-state index is -4.40. The van der Waals surface area contributed by atoms with Gasteiger partial charge in [-0.1, -0.05) is 0 Å². The zero-order valence-corrected chi connectivity index (χ0v) is 15.0. The van der Waals surface area contributed by atoms with Gasteiger partial charge in [0.15, 0.2) is 0 Å². The van der Waals surface area contributed by atoms with Gasteiger partial charge in [0.2, 0.25) is 0 Å². The normalized spacial score (nSPS) is 14.7. The summed E-state index contributed by atoms with van der Waals surface area (Å²) in [7, 11) is 5.80. The summed E-state index contributed by atoms with van der Waals surface area (Å²) >= 11 is 0. The molecule has 0 bridgehead atoms. The van der Waals surface area contributed by atoms with Crippen molar-refractivity contribution in [1.82, 2.24) is 19.6 Å². The number of halogens is 3. The summed E-state index contributed by atoms with van der Waals surface area (Å²) in [5, 5.41) is 4.55. The van der Waals surface area contributed by atoms with E-state index in [0.717, 1.165) is 35.6 Å². The first kappa shape index (κ1) is 18.4. The molecule has 1 aliphatic rings. The lowest BCUT2D eigenvalue weighted by atomic mass is 10.0. The smallest absolute Gasteiger partial charge is 0.332 e. The van der Waals surface area contributed by atoms with Crippen LogP contribution in [0.2, 0.25) is 0 Å². The van der Waals surface area contributed by atoms with Gasteiger partial charge in [0.1, 0.15) is 0 Å². The van der Waals surface area contributed by atoms with Crippen LogP contribution in [-0.2, 0) is 32.7 Å². The number of nitrogens with zero attached hydrogens (tertiary/aromatic N) is 4. The molecule has 0 atom stereocenters. The summed E-state index contributed by atoms with van der Waals surface area (Å²) in [5.41, 5.74) is 2.66. The Balaban J connectivity index is 1.78. The van der Waals surface area contributed by atoms with Crippen LogP contribution in [-0.4, -0.2) is 46.1 Å². The van der Waals surface area contributed by atoms with E-state index in [1.54, 1.807) is 9.58 Å². The van der Waals surface area contributed by atoms with Gasteiger partial charge < -0.3 is 9.80 Å². The van der Waals surface area contributed by atoms with Crippen LogP contribution < -0.4 is 0 Å². The van der Waals surface area contributed by atoms with Crippen molar-refractivity contribution in [2.24, 2.45) is 7.05 Å². The lowest BCUT2D eigenvalue weighted by Crippen LogP contribution is -2.36. The Labute approximate surface area is 150 Å². The second-order valence-electron chi connectivity index (χ2n) is 6.79. The highest BCUT2D eigenvalue weighted by atomic mass is 19.4. The number of hydrogen-bond acceptors (Lipinski definition) is 3. The Hall–Kier alpha value is -2.35. The van der Waals surface area contributed by atoms with Crippen LogP contribution in [0.1, 0.15) is 32.9 Å². The number of alkyl halides is 3. The predicted molar refractivity (Wildman–Crippen MR) is 90.5 cm³/mol. The third-order valence-electron chi connectivity index (χ3n) is 4.54. The summed E-state index contributed by atoms with van der Waals surface area (Å²) in [5.74, 6) is -0.264. The van der Waals surface area contributed by atoms with Gasteiger partial charge in [0.25, 0.3) is 5.91 Å². The Morgan fingerprint density at radius 3 is 2.46 bits per heavy atom. The van der Waals surface area contributed by atoms with E-state index in [1.807, 2.05) is 26.0 Å². The Kier molecular flexibility index (Phi) is 4.79. The molecule has 8 heteroatoms. The minimum Gasteiger partial charge on any atom is -0.332 e. The molecule has 0 aliphatic carbocycles. The van der Waals surface area contributed by atoms with Crippen molar-refractivity contribution < 1.29 is 18.0 Å². The van der Waals surface area contributed by atoms with Crippen molar-refractivity contribution in [2.45, 2.75) is 25.7 Å². The maximum Gasteiger partial charge on any atom is 0.416 e. The quantitative estimate of drug-likeness (QED) is 0.839. The number of benzene rings is 1. The Bertz CT molecular complexity index is 809. The first-order valence-corrected chi connectivity index (χ1v) is 8.31. The molecular formula is C18H21F3N4O. The number of hydrogen-bond donors (Lipinski definition) is 0. The molecule has 0 radical (unpaired) electrons. The second-order valence-corrected chi connectivity index (χ2v) is 6.79. The van der Waals surface area contributed by atoms with Crippen LogP contribution >= 0.6 is 0 Å². The molecular weight excluding hydrogens is 345 g/mol. The average molecular weight is 366 g/mol. The molecule has 1 aromatic carbocycles. The van der Waals surface area contributed by atoms with Crippen LogP contribution in [0, 0.1) is 0 Å². The van der Waals surface area contributed by atoms with Crippen molar-refractivity contribution >= 4 is 5.91 Å². The molecule has 140 valence electrons. The van der Waals surface area contributed by atoms with Gasteiger partial charge >= 0.3 is 6.18 Å². The molecule has 0 N–H and O–H groups in total. The molecule has 3 rings (SSSR count). The Morgan fingerprint density at radius 2 is 1.88 bits per heavy atom. The average Bonchev–Trinajstić information content (AvgIpc) is 2.88. The van der Waals surface area contributed by atoms with E-state index in [9.17, 15) is 18.0 Å². The van der Waals surface area contributed by atoms with Gasteiger partial charge in [-0.2, -0.15) is 18.3 Å². The topological polar surface area (TPSA) is 41.4 Å². The SMILES string of the molecule is CN(C)Cc1nn(C)c2c1CCN(C(=O)c1ccc(C(F)(F)F)cc1)C2. The number of fused-ring (bicyclic) bond motifs is 1. The third kappa shape index (κ3) is 3.60.